The van der Waals surface area contributed by atoms with Crippen LogP contribution in [0.25, 0.3) is 0 Å². The molecule has 5 heteroatoms. The van der Waals surface area contributed by atoms with Crippen molar-refractivity contribution in [1.82, 2.24) is 0 Å². The Hall–Kier alpha value is -2.04. The predicted octanol–water partition coefficient (Wildman–Crippen LogP) is 1.54. The summed E-state index contributed by atoms with van der Waals surface area (Å²) in [5.74, 6) is -0.161. The summed E-state index contributed by atoms with van der Waals surface area (Å²) >= 11 is 0. The second kappa shape index (κ2) is 6.64. The third-order valence-corrected chi connectivity index (χ3v) is 2.23. The van der Waals surface area contributed by atoms with Crippen molar-refractivity contribution in [3.05, 3.63) is 30.7 Å². The van der Waals surface area contributed by atoms with Gasteiger partial charge in [0.15, 0.2) is 11.5 Å². The SMILES string of the molecule is [CH2]CC(=O)OC(=O)Cc1ccc(OC)c(OC)c1. The van der Waals surface area contributed by atoms with Crippen molar-refractivity contribution < 1.29 is 23.8 Å². The molecule has 0 spiro atoms. The topological polar surface area (TPSA) is 61.8 Å². The summed E-state index contributed by atoms with van der Waals surface area (Å²) in [7, 11) is 3.03. The summed E-state index contributed by atoms with van der Waals surface area (Å²) in [5.41, 5.74) is 0.675. The molecule has 0 bridgehead atoms. The van der Waals surface area contributed by atoms with E-state index in [0.29, 0.717) is 17.1 Å². The summed E-state index contributed by atoms with van der Waals surface area (Å²) in [6, 6.07) is 5.05. The van der Waals surface area contributed by atoms with Gasteiger partial charge in [-0.2, -0.15) is 0 Å². The Labute approximate surface area is 106 Å². The highest BCUT2D eigenvalue weighted by Crippen LogP contribution is 2.27. The molecule has 18 heavy (non-hydrogen) atoms. The lowest BCUT2D eigenvalue weighted by molar-refractivity contribution is -0.158. The van der Waals surface area contributed by atoms with Gasteiger partial charge in [0.25, 0.3) is 0 Å². The van der Waals surface area contributed by atoms with Crippen LogP contribution < -0.4 is 9.47 Å². The smallest absolute Gasteiger partial charge is 0.317 e. The van der Waals surface area contributed by atoms with Gasteiger partial charge in [-0.25, -0.2) is 0 Å². The third-order valence-electron chi connectivity index (χ3n) is 2.23. The second-order valence-corrected chi connectivity index (χ2v) is 3.46. The molecule has 1 aromatic rings. The normalized spacial score (nSPS) is 9.72. The fourth-order valence-corrected chi connectivity index (χ4v) is 1.37. The first-order chi connectivity index (χ1) is 8.60. The summed E-state index contributed by atoms with van der Waals surface area (Å²) < 4.78 is 14.7. The Morgan fingerprint density at radius 1 is 1.11 bits per heavy atom. The quantitative estimate of drug-likeness (QED) is 0.586. The minimum Gasteiger partial charge on any atom is -0.493 e. The van der Waals surface area contributed by atoms with E-state index in [9.17, 15) is 9.59 Å². The number of hydrogen-bond acceptors (Lipinski definition) is 5. The molecular formula is C13H15O5. The first-order valence-electron chi connectivity index (χ1n) is 5.34. The second-order valence-electron chi connectivity index (χ2n) is 3.46. The molecule has 0 amide bonds. The fourth-order valence-electron chi connectivity index (χ4n) is 1.37. The van der Waals surface area contributed by atoms with Crippen molar-refractivity contribution in [2.45, 2.75) is 12.8 Å². The molecule has 0 fully saturated rings. The van der Waals surface area contributed by atoms with Crippen LogP contribution in [-0.2, 0) is 20.7 Å². The molecule has 0 aromatic heterocycles. The molecule has 0 saturated heterocycles. The van der Waals surface area contributed by atoms with Crippen LogP contribution in [0.3, 0.4) is 0 Å². The van der Waals surface area contributed by atoms with Gasteiger partial charge in [-0.05, 0) is 24.6 Å². The Balaban J connectivity index is 2.73. The van der Waals surface area contributed by atoms with Crippen LogP contribution in [0.15, 0.2) is 18.2 Å². The molecule has 0 aliphatic rings. The van der Waals surface area contributed by atoms with Crippen molar-refractivity contribution in [3.63, 3.8) is 0 Å². The number of hydrogen-bond donors (Lipinski definition) is 0. The highest BCUT2D eigenvalue weighted by atomic mass is 16.6. The van der Waals surface area contributed by atoms with Crippen LogP contribution in [0.1, 0.15) is 12.0 Å². The van der Waals surface area contributed by atoms with E-state index in [-0.39, 0.29) is 12.8 Å². The molecule has 1 rings (SSSR count). The molecular weight excluding hydrogens is 236 g/mol. The largest absolute Gasteiger partial charge is 0.493 e. The van der Waals surface area contributed by atoms with Crippen LogP contribution in [0.5, 0.6) is 11.5 Å². The van der Waals surface area contributed by atoms with Crippen molar-refractivity contribution in [1.29, 1.82) is 0 Å². The summed E-state index contributed by atoms with van der Waals surface area (Å²) in [6.45, 7) is 3.33. The van der Waals surface area contributed by atoms with Crippen LogP contribution >= 0.6 is 0 Å². The molecule has 0 unspecified atom stereocenters. The highest BCUT2D eigenvalue weighted by molar-refractivity contribution is 5.86. The molecule has 0 saturated carbocycles. The molecule has 97 valence electrons. The molecule has 5 nitrogen and oxygen atoms in total. The standard InChI is InChI=1S/C13H15O5/c1-4-12(14)18-13(15)8-9-5-6-10(16-2)11(7-9)17-3/h5-7H,1,4,8H2,2-3H3. The van der Waals surface area contributed by atoms with Gasteiger partial charge < -0.3 is 14.2 Å². The molecule has 0 N–H and O–H groups in total. The van der Waals surface area contributed by atoms with Crippen molar-refractivity contribution >= 4 is 11.9 Å². The first kappa shape index (κ1) is 14.0. The molecule has 0 atom stereocenters. The Morgan fingerprint density at radius 2 is 1.78 bits per heavy atom. The van der Waals surface area contributed by atoms with E-state index in [4.69, 9.17) is 9.47 Å². The molecule has 1 radical (unpaired) electrons. The van der Waals surface area contributed by atoms with E-state index < -0.39 is 11.9 Å². The fraction of sp³-hybridized carbons (Fsp3) is 0.308. The Bertz CT molecular complexity index is 439. The Kier molecular flexibility index (Phi) is 5.17. The minimum atomic E-state index is -0.638. The lowest BCUT2D eigenvalue weighted by Crippen LogP contribution is -2.13. The number of benzene rings is 1. The van der Waals surface area contributed by atoms with Gasteiger partial charge in [0.1, 0.15) is 0 Å². The van der Waals surface area contributed by atoms with Gasteiger partial charge in [0.05, 0.1) is 20.6 Å². The lowest BCUT2D eigenvalue weighted by Gasteiger charge is -2.09. The minimum absolute atomic E-state index is 0.00784. The lowest BCUT2D eigenvalue weighted by atomic mass is 10.1. The van der Waals surface area contributed by atoms with Gasteiger partial charge in [-0.3, -0.25) is 9.59 Å². The maximum Gasteiger partial charge on any atom is 0.317 e. The van der Waals surface area contributed by atoms with Crippen LogP contribution in [0, 0.1) is 6.92 Å². The van der Waals surface area contributed by atoms with Crippen LogP contribution in [0.2, 0.25) is 0 Å². The highest BCUT2D eigenvalue weighted by Gasteiger charge is 2.11. The zero-order chi connectivity index (χ0) is 13.5. The number of esters is 2. The average molecular weight is 251 g/mol. The van der Waals surface area contributed by atoms with E-state index in [0.717, 1.165) is 0 Å². The molecule has 0 heterocycles. The predicted molar refractivity (Wildman–Crippen MR) is 64.3 cm³/mol. The molecule has 1 aromatic carbocycles. The van der Waals surface area contributed by atoms with Gasteiger partial charge in [0, 0.05) is 6.42 Å². The Morgan fingerprint density at radius 3 is 2.33 bits per heavy atom. The number of methoxy groups -OCH3 is 2. The van der Waals surface area contributed by atoms with Crippen LogP contribution in [0.4, 0.5) is 0 Å². The number of rotatable bonds is 5. The maximum atomic E-state index is 11.4. The first-order valence-corrected chi connectivity index (χ1v) is 5.34. The third kappa shape index (κ3) is 3.76. The molecule has 0 aliphatic carbocycles. The maximum absolute atomic E-state index is 11.4. The number of carbonyl (C=O) groups excluding carboxylic acids is 2. The average Bonchev–Trinajstić information content (AvgIpc) is 2.38. The van der Waals surface area contributed by atoms with Crippen molar-refractivity contribution in [2.24, 2.45) is 0 Å². The van der Waals surface area contributed by atoms with Gasteiger partial charge in [-0.15, -0.1) is 0 Å². The van der Waals surface area contributed by atoms with E-state index >= 15 is 0 Å². The van der Waals surface area contributed by atoms with E-state index in [1.54, 1.807) is 18.2 Å². The monoisotopic (exact) mass is 251 g/mol. The van der Waals surface area contributed by atoms with E-state index in [1.165, 1.54) is 14.2 Å². The van der Waals surface area contributed by atoms with Crippen LogP contribution in [-0.4, -0.2) is 26.2 Å². The van der Waals surface area contributed by atoms with Crippen molar-refractivity contribution in [2.75, 3.05) is 14.2 Å². The summed E-state index contributed by atoms with van der Waals surface area (Å²) in [5, 5.41) is 0. The number of ether oxygens (including phenoxy) is 3. The van der Waals surface area contributed by atoms with Crippen molar-refractivity contribution in [3.8, 4) is 11.5 Å². The zero-order valence-corrected chi connectivity index (χ0v) is 10.4. The van der Waals surface area contributed by atoms with Gasteiger partial charge >= 0.3 is 11.9 Å². The molecule has 0 aliphatic heterocycles. The zero-order valence-electron chi connectivity index (χ0n) is 10.4. The van der Waals surface area contributed by atoms with Gasteiger partial charge in [-0.1, -0.05) is 6.07 Å². The van der Waals surface area contributed by atoms with E-state index in [1.807, 2.05) is 0 Å². The summed E-state index contributed by atoms with van der Waals surface area (Å²) in [6.07, 6.45) is -0.0796. The van der Waals surface area contributed by atoms with E-state index in [2.05, 4.69) is 11.7 Å². The van der Waals surface area contributed by atoms with Gasteiger partial charge in [0.2, 0.25) is 0 Å². The summed E-state index contributed by atoms with van der Waals surface area (Å²) in [4.78, 5) is 22.3. The number of carbonyl (C=O) groups is 2.